The number of hydrogen-bond donors (Lipinski definition) is 3. The molecule has 27 heavy (non-hydrogen) atoms. The SMILES string of the molecule is Cl.NCc1nc(CN2CCCC(CNC(=O)Nc3cccc(F)c3)C2)no1. The number of likely N-dealkylation sites (tertiary alicyclic amines) is 1. The predicted octanol–water partition coefficient (Wildman–Crippen LogP) is 2.12. The van der Waals surface area contributed by atoms with Crippen molar-refractivity contribution in [3.05, 3.63) is 41.8 Å². The summed E-state index contributed by atoms with van der Waals surface area (Å²) in [6, 6.07) is 5.48. The van der Waals surface area contributed by atoms with E-state index in [-0.39, 0.29) is 30.8 Å². The fourth-order valence-electron chi connectivity index (χ4n) is 3.08. The van der Waals surface area contributed by atoms with Crippen LogP contribution in [0.3, 0.4) is 0 Å². The summed E-state index contributed by atoms with van der Waals surface area (Å²) >= 11 is 0. The molecule has 1 aliphatic rings. The van der Waals surface area contributed by atoms with Crippen molar-refractivity contribution >= 4 is 24.1 Å². The fraction of sp³-hybridized carbons (Fsp3) is 0.471. The summed E-state index contributed by atoms with van der Waals surface area (Å²) in [4.78, 5) is 18.4. The Hall–Kier alpha value is -2.23. The molecular weight excluding hydrogens is 375 g/mol. The number of rotatable bonds is 6. The second-order valence-electron chi connectivity index (χ2n) is 6.40. The van der Waals surface area contributed by atoms with E-state index in [2.05, 4.69) is 25.7 Å². The van der Waals surface area contributed by atoms with Crippen molar-refractivity contribution in [1.82, 2.24) is 20.4 Å². The molecule has 0 radical (unpaired) electrons. The van der Waals surface area contributed by atoms with E-state index >= 15 is 0 Å². The highest BCUT2D eigenvalue weighted by molar-refractivity contribution is 5.89. The minimum Gasteiger partial charge on any atom is -0.338 e. The predicted molar refractivity (Wildman–Crippen MR) is 101 cm³/mol. The standard InChI is InChI=1S/C17H23FN6O2.ClH/c18-13-4-1-5-14(7-13)21-17(25)20-9-12-3-2-6-24(10-12)11-15-22-16(8-19)26-23-15;/h1,4-5,7,12H,2-3,6,8-11,19H2,(H2,20,21,25);1H. The third-order valence-electron chi connectivity index (χ3n) is 4.29. The highest BCUT2D eigenvalue weighted by Gasteiger charge is 2.22. The number of nitrogens with two attached hydrogens (primary N) is 1. The van der Waals surface area contributed by atoms with Crippen molar-refractivity contribution in [1.29, 1.82) is 0 Å². The van der Waals surface area contributed by atoms with E-state index in [1.54, 1.807) is 12.1 Å². The summed E-state index contributed by atoms with van der Waals surface area (Å²) in [7, 11) is 0. The van der Waals surface area contributed by atoms with E-state index in [0.29, 0.717) is 36.4 Å². The number of carbonyl (C=O) groups excluding carboxylic acids is 1. The molecule has 1 atom stereocenters. The molecule has 4 N–H and O–H groups in total. The summed E-state index contributed by atoms with van der Waals surface area (Å²) in [5.74, 6) is 1.01. The normalized spacial score (nSPS) is 17.2. The molecular formula is C17H24ClFN6O2. The van der Waals surface area contributed by atoms with Crippen LogP contribution in [0.4, 0.5) is 14.9 Å². The Bertz CT molecular complexity index is 744. The summed E-state index contributed by atoms with van der Waals surface area (Å²) in [5, 5.41) is 9.40. The monoisotopic (exact) mass is 398 g/mol. The molecule has 0 spiro atoms. The first-order valence-corrected chi connectivity index (χ1v) is 8.66. The van der Waals surface area contributed by atoms with Crippen LogP contribution >= 0.6 is 12.4 Å². The molecule has 2 aromatic rings. The first kappa shape index (κ1) is 21.1. The number of nitrogens with one attached hydrogen (secondary N) is 2. The smallest absolute Gasteiger partial charge is 0.319 e. The minimum absolute atomic E-state index is 0. The van der Waals surface area contributed by atoms with Gasteiger partial charge in [-0.3, -0.25) is 4.90 Å². The van der Waals surface area contributed by atoms with Gasteiger partial charge >= 0.3 is 6.03 Å². The molecule has 3 rings (SSSR count). The lowest BCUT2D eigenvalue weighted by atomic mass is 9.98. The molecule has 2 amide bonds. The number of anilines is 1. The number of urea groups is 1. The highest BCUT2D eigenvalue weighted by atomic mass is 35.5. The first-order valence-electron chi connectivity index (χ1n) is 8.66. The molecule has 1 aliphatic heterocycles. The Morgan fingerprint density at radius 1 is 1.44 bits per heavy atom. The second kappa shape index (κ2) is 10.2. The molecule has 1 aromatic carbocycles. The van der Waals surface area contributed by atoms with Gasteiger partial charge in [-0.05, 0) is 43.5 Å². The van der Waals surface area contributed by atoms with Gasteiger partial charge in [-0.25, -0.2) is 9.18 Å². The van der Waals surface area contributed by atoms with Gasteiger partial charge in [0.2, 0.25) is 5.89 Å². The van der Waals surface area contributed by atoms with Crippen LogP contribution in [0.1, 0.15) is 24.6 Å². The van der Waals surface area contributed by atoms with Crippen molar-refractivity contribution in [2.45, 2.75) is 25.9 Å². The number of hydrogen-bond acceptors (Lipinski definition) is 6. The van der Waals surface area contributed by atoms with Crippen LogP contribution in [0.5, 0.6) is 0 Å². The minimum atomic E-state index is -0.384. The van der Waals surface area contributed by atoms with Crippen LogP contribution in [0.25, 0.3) is 0 Å². The van der Waals surface area contributed by atoms with Crippen LogP contribution in [-0.2, 0) is 13.1 Å². The maximum Gasteiger partial charge on any atom is 0.319 e. The maximum atomic E-state index is 13.1. The molecule has 10 heteroatoms. The summed E-state index contributed by atoms with van der Waals surface area (Å²) in [6.45, 7) is 3.19. The lowest BCUT2D eigenvalue weighted by Crippen LogP contribution is -2.41. The molecule has 148 valence electrons. The van der Waals surface area contributed by atoms with Crippen LogP contribution in [0.15, 0.2) is 28.8 Å². The molecule has 0 aliphatic carbocycles. The van der Waals surface area contributed by atoms with Gasteiger partial charge in [0, 0.05) is 18.8 Å². The Kier molecular flexibility index (Phi) is 7.96. The van der Waals surface area contributed by atoms with Crippen molar-refractivity contribution in [3.63, 3.8) is 0 Å². The van der Waals surface area contributed by atoms with E-state index in [4.69, 9.17) is 10.3 Å². The lowest BCUT2D eigenvalue weighted by Gasteiger charge is -2.31. The third kappa shape index (κ3) is 6.46. The van der Waals surface area contributed by atoms with E-state index in [0.717, 1.165) is 25.9 Å². The van der Waals surface area contributed by atoms with Gasteiger partial charge in [-0.15, -0.1) is 12.4 Å². The Balaban J connectivity index is 0.00000261. The van der Waals surface area contributed by atoms with Gasteiger partial charge < -0.3 is 20.9 Å². The number of nitrogens with zero attached hydrogens (tertiary/aromatic N) is 3. The Morgan fingerprint density at radius 2 is 2.30 bits per heavy atom. The van der Waals surface area contributed by atoms with Gasteiger partial charge in [0.25, 0.3) is 0 Å². The summed E-state index contributed by atoms with van der Waals surface area (Å²) in [5.41, 5.74) is 5.90. The van der Waals surface area contributed by atoms with E-state index in [1.807, 2.05) is 0 Å². The molecule has 1 unspecified atom stereocenters. The Labute approximate surface area is 163 Å². The highest BCUT2D eigenvalue weighted by Crippen LogP contribution is 2.17. The number of amides is 2. The van der Waals surface area contributed by atoms with Crippen molar-refractivity contribution in [2.75, 3.05) is 25.0 Å². The molecule has 8 nitrogen and oxygen atoms in total. The van der Waals surface area contributed by atoms with Crippen molar-refractivity contribution in [3.8, 4) is 0 Å². The molecule has 2 heterocycles. The van der Waals surface area contributed by atoms with E-state index in [9.17, 15) is 9.18 Å². The molecule has 1 aromatic heterocycles. The average Bonchev–Trinajstić information content (AvgIpc) is 3.08. The molecule has 1 fully saturated rings. The van der Waals surface area contributed by atoms with Crippen molar-refractivity contribution < 1.29 is 13.7 Å². The third-order valence-corrected chi connectivity index (χ3v) is 4.29. The first-order chi connectivity index (χ1) is 12.6. The zero-order valence-electron chi connectivity index (χ0n) is 14.9. The Morgan fingerprint density at radius 3 is 3.04 bits per heavy atom. The zero-order valence-corrected chi connectivity index (χ0v) is 15.7. The van der Waals surface area contributed by atoms with Gasteiger partial charge in [0.05, 0.1) is 13.1 Å². The lowest BCUT2D eigenvalue weighted by molar-refractivity contribution is 0.161. The van der Waals surface area contributed by atoms with Crippen LogP contribution in [0, 0.1) is 11.7 Å². The van der Waals surface area contributed by atoms with E-state index < -0.39 is 0 Å². The number of halogens is 2. The average molecular weight is 399 g/mol. The van der Waals surface area contributed by atoms with Crippen LogP contribution in [0.2, 0.25) is 0 Å². The van der Waals surface area contributed by atoms with Gasteiger partial charge in [0.1, 0.15) is 5.82 Å². The van der Waals surface area contributed by atoms with Gasteiger partial charge in [0.15, 0.2) is 5.82 Å². The fourth-order valence-corrected chi connectivity index (χ4v) is 3.08. The number of benzene rings is 1. The largest absolute Gasteiger partial charge is 0.338 e. The molecule has 1 saturated heterocycles. The van der Waals surface area contributed by atoms with Crippen LogP contribution in [-0.4, -0.2) is 40.7 Å². The number of aromatic nitrogens is 2. The van der Waals surface area contributed by atoms with Crippen molar-refractivity contribution in [2.24, 2.45) is 11.7 Å². The van der Waals surface area contributed by atoms with E-state index in [1.165, 1.54) is 12.1 Å². The van der Waals surface area contributed by atoms with Gasteiger partial charge in [-0.2, -0.15) is 4.98 Å². The zero-order chi connectivity index (χ0) is 18.4. The molecule has 0 saturated carbocycles. The summed E-state index contributed by atoms with van der Waals surface area (Å²) < 4.78 is 18.2. The van der Waals surface area contributed by atoms with Crippen LogP contribution < -0.4 is 16.4 Å². The second-order valence-corrected chi connectivity index (χ2v) is 6.40. The summed E-state index contributed by atoms with van der Waals surface area (Å²) in [6.07, 6.45) is 2.08. The topological polar surface area (TPSA) is 109 Å². The van der Waals surface area contributed by atoms with Gasteiger partial charge in [-0.1, -0.05) is 11.2 Å². The number of carbonyl (C=O) groups is 1. The maximum absolute atomic E-state index is 13.1. The number of piperidine rings is 1. The molecule has 0 bridgehead atoms. The quantitative estimate of drug-likeness (QED) is 0.687.